The topological polar surface area (TPSA) is 21.3 Å². The van der Waals surface area contributed by atoms with Crippen molar-refractivity contribution in [2.75, 3.05) is 26.0 Å². The molecule has 1 aromatic rings. The van der Waals surface area contributed by atoms with Crippen molar-refractivity contribution in [1.29, 1.82) is 0 Å². The van der Waals surface area contributed by atoms with Gasteiger partial charge in [-0.05, 0) is 18.4 Å². The third-order valence-electron chi connectivity index (χ3n) is 2.55. The minimum atomic E-state index is -0.403. The average Bonchev–Trinajstić information content (AvgIpc) is 2.32. The number of halogens is 2. The molecule has 0 radical (unpaired) electrons. The highest BCUT2D eigenvalue weighted by atomic mass is 32.2. The van der Waals surface area contributed by atoms with Gasteiger partial charge >= 0.3 is 0 Å². The summed E-state index contributed by atoms with van der Waals surface area (Å²) >= 11 is 1.19. The molecule has 0 bridgehead atoms. The summed E-state index contributed by atoms with van der Waals surface area (Å²) in [6.45, 7) is 1.80. The van der Waals surface area contributed by atoms with Crippen molar-refractivity contribution in [2.45, 2.75) is 11.0 Å². The maximum absolute atomic E-state index is 13.7. The van der Waals surface area contributed by atoms with Crippen molar-refractivity contribution in [3.63, 3.8) is 0 Å². The molecule has 0 aromatic heterocycles. The summed E-state index contributed by atoms with van der Waals surface area (Å²) in [4.78, 5) is 0.324. The number of thioether (sulfide) groups is 1. The van der Waals surface area contributed by atoms with Gasteiger partial charge in [0.2, 0.25) is 0 Å². The molecule has 88 valence electrons. The molecule has 16 heavy (non-hydrogen) atoms. The Morgan fingerprint density at radius 1 is 1.38 bits per heavy atom. The molecule has 1 atom stereocenters. The van der Waals surface area contributed by atoms with E-state index in [0.717, 1.165) is 6.54 Å². The Labute approximate surface area is 97.4 Å². The quantitative estimate of drug-likeness (QED) is 0.808. The molecule has 0 spiro atoms. The first-order chi connectivity index (χ1) is 7.72. The van der Waals surface area contributed by atoms with E-state index in [2.05, 4.69) is 5.32 Å². The maximum Gasteiger partial charge on any atom is 0.137 e. The SMILES string of the molecule is CSc1cc(F)c(C2CNCCO2)cc1F. The minimum Gasteiger partial charge on any atom is -0.371 e. The van der Waals surface area contributed by atoms with E-state index in [1.54, 1.807) is 6.26 Å². The molecule has 5 heteroatoms. The van der Waals surface area contributed by atoms with E-state index < -0.39 is 11.6 Å². The average molecular weight is 245 g/mol. The fourth-order valence-electron chi connectivity index (χ4n) is 1.71. The molecule has 0 aliphatic carbocycles. The molecule has 1 aliphatic heterocycles. The first kappa shape index (κ1) is 11.8. The van der Waals surface area contributed by atoms with Crippen molar-refractivity contribution < 1.29 is 13.5 Å². The standard InChI is InChI=1S/C11H13F2NOS/c1-16-11-5-8(12)7(4-9(11)13)10-6-14-2-3-15-10/h4-5,10,14H,2-3,6H2,1H3. The lowest BCUT2D eigenvalue weighted by molar-refractivity contribution is 0.0252. The molecule has 0 amide bonds. The van der Waals surface area contributed by atoms with E-state index in [1.165, 1.54) is 23.9 Å². The van der Waals surface area contributed by atoms with E-state index >= 15 is 0 Å². The Hall–Kier alpha value is -0.650. The first-order valence-electron chi connectivity index (χ1n) is 5.07. The van der Waals surface area contributed by atoms with Crippen molar-refractivity contribution in [1.82, 2.24) is 5.32 Å². The minimum absolute atomic E-state index is 0.294. The highest BCUT2D eigenvalue weighted by Crippen LogP contribution is 2.28. The number of nitrogens with one attached hydrogen (secondary N) is 1. The second-order valence-electron chi connectivity index (χ2n) is 3.57. The van der Waals surface area contributed by atoms with Crippen LogP contribution in [0.25, 0.3) is 0 Å². The Balaban J connectivity index is 2.29. The van der Waals surface area contributed by atoms with Gasteiger partial charge < -0.3 is 10.1 Å². The fourth-order valence-corrected chi connectivity index (χ4v) is 2.19. The lowest BCUT2D eigenvalue weighted by Crippen LogP contribution is -2.33. The molecule has 1 N–H and O–H groups in total. The van der Waals surface area contributed by atoms with Gasteiger partial charge in [-0.15, -0.1) is 11.8 Å². The van der Waals surface area contributed by atoms with Crippen LogP contribution in [0.1, 0.15) is 11.7 Å². The fraction of sp³-hybridized carbons (Fsp3) is 0.455. The third-order valence-corrected chi connectivity index (χ3v) is 3.30. The van der Waals surface area contributed by atoms with E-state index in [0.29, 0.717) is 23.6 Å². The van der Waals surface area contributed by atoms with Crippen molar-refractivity contribution in [3.8, 4) is 0 Å². The van der Waals surface area contributed by atoms with Crippen LogP contribution < -0.4 is 5.32 Å². The van der Waals surface area contributed by atoms with Crippen molar-refractivity contribution >= 4 is 11.8 Å². The zero-order chi connectivity index (χ0) is 11.5. The summed E-state index contributed by atoms with van der Waals surface area (Å²) in [5.41, 5.74) is 0.294. The summed E-state index contributed by atoms with van der Waals surface area (Å²) in [6, 6.07) is 2.46. The van der Waals surface area contributed by atoms with Crippen LogP contribution in [0.2, 0.25) is 0 Å². The monoisotopic (exact) mass is 245 g/mol. The van der Waals surface area contributed by atoms with Gasteiger partial charge in [-0.3, -0.25) is 0 Å². The van der Waals surface area contributed by atoms with E-state index in [1.807, 2.05) is 0 Å². The van der Waals surface area contributed by atoms with Crippen LogP contribution in [0.15, 0.2) is 17.0 Å². The van der Waals surface area contributed by atoms with Crippen molar-refractivity contribution in [2.24, 2.45) is 0 Å². The van der Waals surface area contributed by atoms with Crippen LogP contribution in [-0.2, 0) is 4.74 Å². The summed E-state index contributed by atoms with van der Waals surface area (Å²) in [7, 11) is 0. The Morgan fingerprint density at radius 3 is 2.81 bits per heavy atom. The summed E-state index contributed by atoms with van der Waals surface area (Å²) in [6.07, 6.45) is 1.33. The molecule has 1 saturated heterocycles. The Kier molecular flexibility index (Phi) is 3.78. The van der Waals surface area contributed by atoms with E-state index in [-0.39, 0.29) is 6.10 Å². The number of rotatable bonds is 2. The zero-order valence-corrected chi connectivity index (χ0v) is 9.74. The van der Waals surface area contributed by atoms with Gasteiger partial charge in [-0.1, -0.05) is 0 Å². The molecule has 1 aliphatic rings. The predicted octanol–water partition coefficient (Wildman–Crippen LogP) is 2.35. The molecule has 1 heterocycles. The third kappa shape index (κ3) is 2.36. The zero-order valence-electron chi connectivity index (χ0n) is 8.93. The van der Waals surface area contributed by atoms with Gasteiger partial charge in [-0.2, -0.15) is 0 Å². The molecule has 0 saturated carbocycles. The van der Waals surface area contributed by atoms with Gasteiger partial charge in [-0.25, -0.2) is 8.78 Å². The normalized spacial score (nSPS) is 21.1. The van der Waals surface area contributed by atoms with Crippen LogP contribution in [0.5, 0.6) is 0 Å². The number of hydrogen-bond donors (Lipinski definition) is 1. The van der Waals surface area contributed by atoms with Crippen LogP contribution in [-0.4, -0.2) is 26.0 Å². The lowest BCUT2D eigenvalue weighted by Gasteiger charge is -2.24. The molecule has 1 aromatic carbocycles. The molecule has 2 rings (SSSR count). The van der Waals surface area contributed by atoms with Gasteiger partial charge in [0.15, 0.2) is 0 Å². The molecule has 2 nitrogen and oxygen atoms in total. The Morgan fingerprint density at radius 2 is 2.19 bits per heavy atom. The smallest absolute Gasteiger partial charge is 0.137 e. The van der Waals surface area contributed by atoms with E-state index in [9.17, 15) is 8.78 Å². The largest absolute Gasteiger partial charge is 0.371 e. The van der Waals surface area contributed by atoms with Gasteiger partial charge in [0.25, 0.3) is 0 Å². The second-order valence-corrected chi connectivity index (χ2v) is 4.42. The van der Waals surface area contributed by atoms with Gasteiger partial charge in [0.05, 0.1) is 12.7 Å². The van der Waals surface area contributed by atoms with E-state index in [4.69, 9.17) is 4.74 Å². The van der Waals surface area contributed by atoms with Crippen LogP contribution >= 0.6 is 11.8 Å². The highest BCUT2D eigenvalue weighted by Gasteiger charge is 2.21. The van der Waals surface area contributed by atoms with Gasteiger partial charge in [0.1, 0.15) is 11.6 Å². The number of benzene rings is 1. The predicted molar refractivity (Wildman–Crippen MR) is 59.7 cm³/mol. The van der Waals surface area contributed by atoms with Crippen molar-refractivity contribution in [3.05, 3.63) is 29.3 Å². The summed E-state index contributed by atoms with van der Waals surface area (Å²) in [5.74, 6) is -0.794. The number of hydrogen-bond acceptors (Lipinski definition) is 3. The molecular weight excluding hydrogens is 232 g/mol. The molecular formula is C11H13F2NOS. The summed E-state index contributed by atoms with van der Waals surface area (Å²) in [5, 5.41) is 3.09. The van der Waals surface area contributed by atoms with Crippen LogP contribution in [0.4, 0.5) is 8.78 Å². The Bertz CT molecular complexity index is 380. The maximum atomic E-state index is 13.7. The first-order valence-corrected chi connectivity index (χ1v) is 6.30. The molecule has 1 unspecified atom stereocenters. The lowest BCUT2D eigenvalue weighted by atomic mass is 10.1. The second kappa shape index (κ2) is 5.12. The summed E-state index contributed by atoms with van der Waals surface area (Å²) < 4.78 is 32.6. The van der Waals surface area contributed by atoms with Crippen LogP contribution in [0, 0.1) is 11.6 Å². The number of ether oxygens (including phenoxy) is 1. The van der Waals surface area contributed by atoms with Crippen LogP contribution in [0.3, 0.4) is 0 Å². The highest BCUT2D eigenvalue weighted by molar-refractivity contribution is 7.98. The van der Waals surface area contributed by atoms with Gasteiger partial charge in [0, 0.05) is 23.5 Å². The number of morpholine rings is 1. The molecule has 1 fully saturated rings.